The number of benzene rings is 2. The van der Waals surface area contributed by atoms with Crippen molar-refractivity contribution < 1.29 is 9.13 Å². The third kappa shape index (κ3) is 4.58. The van der Waals surface area contributed by atoms with Gasteiger partial charge in [0.25, 0.3) is 0 Å². The van der Waals surface area contributed by atoms with Crippen LogP contribution in [0.4, 0.5) is 4.39 Å². The van der Waals surface area contributed by atoms with Crippen LogP contribution in [0.3, 0.4) is 0 Å². The molecule has 3 rings (SSSR count). The summed E-state index contributed by atoms with van der Waals surface area (Å²) >= 11 is 0. The number of hydrogen-bond donors (Lipinski definition) is 3. The molecule has 1 aromatic heterocycles. The summed E-state index contributed by atoms with van der Waals surface area (Å²) in [5.41, 5.74) is 4.29. The Kier molecular flexibility index (Phi) is 5.96. The van der Waals surface area contributed by atoms with Crippen molar-refractivity contribution in [3.05, 3.63) is 65.1 Å². The van der Waals surface area contributed by atoms with Crippen molar-refractivity contribution in [3.8, 4) is 5.75 Å². The van der Waals surface area contributed by atoms with E-state index in [2.05, 4.69) is 26.7 Å². The largest absolute Gasteiger partial charge is 0.496 e. The normalized spacial score (nSPS) is 11.6. The van der Waals surface area contributed by atoms with Gasteiger partial charge in [-0.05, 0) is 54.3 Å². The third-order valence-electron chi connectivity index (χ3n) is 4.56. The minimum Gasteiger partial charge on any atom is -0.496 e. The van der Waals surface area contributed by atoms with Crippen LogP contribution in [0.2, 0.25) is 0 Å². The molecule has 0 aliphatic carbocycles. The molecule has 1 heterocycles. The summed E-state index contributed by atoms with van der Waals surface area (Å²) in [6, 6.07) is 10.9. The molecule has 3 aromatic rings. The van der Waals surface area contributed by atoms with Gasteiger partial charge < -0.3 is 20.4 Å². The molecule has 0 saturated heterocycles. The van der Waals surface area contributed by atoms with E-state index in [1.54, 1.807) is 26.3 Å². The number of nitrogens with zero attached hydrogens (tertiary/aromatic N) is 1. The quantitative estimate of drug-likeness (QED) is 0.461. The Labute approximate surface area is 158 Å². The Morgan fingerprint density at radius 2 is 2.04 bits per heavy atom. The maximum atomic E-state index is 13.5. The molecule has 3 N–H and O–H groups in total. The lowest BCUT2D eigenvalue weighted by Crippen LogP contribution is -2.37. The molecule has 0 unspecified atom stereocenters. The number of methoxy groups -OCH3 is 1. The predicted molar refractivity (Wildman–Crippen MR) is 108 cm³/mol. The van der Waals surface area contributed by atoms with E-state index in [9.17, 15) is 4.39 Å². The third-order valence-corrected chi connectivity index (χ3v) is 4.56. The van der Waals surface area contributed by atoms with Crippen LogP contribution in [0.15, 0.2) is 47.6 Å². The highest BCUT2D eigenvalue weighted by Crippen LogP contribution is 2.20. The molecule has 6 heteroatoms. The first-order chi connectivity index (χ1) is 13.1. The molecule has 0 aliphatic rings. The number of aromatic amines is 1. The molecule has 0 saturated carbocycles. The van der Waals surface area contributed by atoms with E-state index in [4.69, 9.17) is 4.74 Å². The van der Waals surface area contributed by atoms with Crippen molar-refractivity contribution in [1.82, 2.24) is 15.6 Å². The van der Waals surface area contributed by atoms with E-state index in [0.717, 1.165) is 45.7 Å². The molecule has 0 spiro atoms. The minimum absolute atomic E-state index is 0.219. The van der Waals surface area contributed by atoms with Crippen LogP contribution in [-0.4, -0.2) is 31.6 Å². The topological polar surface area (TPSA) is 61.4 Å². The summed E-state index contributed by atoms with van der Waals surface area (Å²) in [6.45, 7) is 3.40. The van der Waals surface area contributed by atoms with Gasteiger partial charge in [0.05, 0.1) is 7.11 Å². The number of aryl methyl sites for hydroxylation is 1. The Bertz CT molecular complexity index is 949. The molecular formula is C21H25FN4O. The average molecular weight is 368 g/mol. The number of rotatable bonds is 6. The zero-order valence-corrected chi connectivity index (χ0v) is 15.9. The zero-order valence-electron chi connectivity index (χ0n) is 15.9. The van der Waals surface area contributed by atoms with Crippen LogP contribution in [-0.2, 0) is 13.0 Å². The molecule has 0 bridgehead atoms. The van der Waals surface area contributed by atoms with Crippen LogP contribution >= 0.6 is 0 Å². The van der Waals surface area contributed by atoms with E-state index in [0.29, 0.717) is 13.1 Å². The molecule has 0 amide bonds. The predicted octanol–water partition coefficient (Wildman–Crippen LogP) is 3.53. The number of halogens is 1. The highest BCUT2D eigenvalue weighted by Gasteiger charge is 2.06. The highest BCUT2D eigenvalue weighted by molar-refractivity contribution is 5.83. The second kappa shape index (κ2) is 8.58. The van der Waals surface area contributed by atoms with Gasteiger partial charge in [0.2, 0.25) is 0 Å². The second-order valence-corrected chi connectivity index (χ2v) is 6.41. The first-order valence-corrected chi connectivity index (χ1v) is 8.94. The van der Waals surface area contributed by atoms with Crippen LogP contribution in [0.25, 0.3) is 10.9 Å². The number of aromatic nitrogens is 1. The summed E-state index contributed by atoms with van der Waals surface area (Å²) in [7, 11) is 3.42. The molecule has 0 atom stereocenters. The highest BCUT2D eigenvalue weighted by atomic mass is 19.1. The monoisotopic (exact) mass is 368 g/mol. The first-order valence-electron chi connectivity index (χ1n) is 8.94. The molecule has 0 radical (unpaired) electrons. The second-order valence-electron chi connectivity index (χ2n) is 6.41. The van der Waals surface area contributed by atoms with Crippen molar-refractivity contribution in [3.63, 3.8) is 0 Å². The molecule has 0 fully saturated rings. The van der Waals surface area contributed by atoms with Gasteiger partial charge in [-0.15, -0.1) is 0 Å². The molecule has 2 aromatic carbocycles. The summed E-state index contributed by atoms with van der Waals surface area (Å²) in [5, 5.41) is 7.53. The molecule has 0 aliphatic heterocycles. The summed E-state index contributed by atoms with van der Waals surface area (Å²) in [5.74, 6) is 1.40. The maximum Gasteiger partial charge on any atom is 0.191 e. The van der Waals surface area contributed by atoms with E-state index < -0.39 is 0 Å². The van der Waals surface area contributed by atoms with Crippen LogP contribution in [0, 0.1) is 12.7 Å². The zero-order chi connectivity index (χ0) is 19.2. The van der Waals surface area contributed by atoms with Gasteiger partial charge >= 0.3 is 0 Å². The van der Waals surface area contributed by atoms with E-state index in [1.165, 1.54) is 6.07 Å². The van der Waals surface area contributed by atoms with E-state index >= 15 is 0 Å². The van der Waals surface area contributed by atoms with Gasteiger partial charge in [-0.3, -0.25) is 4.99 Å². The van der Waals surface area contributed by atoms with Gasteiger partial charge in [0, 0.05) is 37.2 Å². The lowest BCUT2D eigenvalue weighted by atomic mass is 10.1. The fraction of sp³-hybridized carbons (Fsp3) is 0.286. The smallest absolute Gasteiger partial charge is 0.191 e. The van der Waals surface area contributed by atoms with Crippen molar-refractivity contribution in [2.75, 3.05) is 20.7 Å². The average Bonchev–Trinajstić information content (AvgIpc) is 3.06. The first kappa shape index (κ1) is 18.8. The van der Waals surface area contributed by atoms with Gasteiger partial charge in [-0.25, -0.2) is 4.39 Å². The lowest BCUT2D eigenvalue weighted by Gasteiger charge is -2.13. The van der Waals surface area contributed by atoms with Crippen LogP contribution in [0.5, 0.6) is 5.75 Å². The fourth-order valence-electron chi connectivity index (χ4n) is 3.13. The van der Waals surface area contributed by atoms with Crippen LogP contribution in [0.1, 0.15) is 16.7 Å². The minimum atomic E-state index is -0.219. The van der Waals surface area contributed by atoms with Gasteiger partial charge in [-0.2, -0.15) is 0 Å². The lowest BCUT2D eigenvalue weighted by molar-refractivity contribution is 0.411. The van der Waals surface area contributed by atoms with Crippen molar-refractivity contribution >= 4 is 16.9 Å². The SMILES string of the molecule is CN=C(NCCc1c[nH]c2ccc(F)cc12)NCc1ccc(OC)c(C)c1. The Balaban J connectivity index is 1.53. The van der Waals surface area contributed by atoms with Gasteiger partial charge in [0.1, 0.15) is 11.6 Å². The summed E-state index contributed by atoms with van der Waals surface area (Å²) in [4.78, 5) is 7.43. The van der Waals surface area contributed by atoms with Gasteiger partial charge in [-0.1, -0.05) is 12.1 Å². The van der Waals surface area contributed by atoms with Crippen molar-refractivity contribution in [2.45, 2.75) is 19.9 Å². The van der Waals surface area contributed by atoms with Crippen molar-refractivity contribution in [1.29, 1.82) is 0 Å². The number of aliphatic imine (C=N–C) groups is 1. The number of guanidine groups is 1. The van der Waals surface area contributed by atoms with E-state index in [1.807, 2.05) is 25.3 Å². The van der Waals surface area contributed by atoms with Crippen LogP contribution < -0.4 is 15.4 Å². The maximum absolute atomic E-state index is 13.5. The number of fused-ring (bicyclic) bond motifs is 1. The number of hydrogen-bond acceptors (Lipinski definition) is 2. The molecule has 5 nitrogen and oxygen atoms in total. The molecule has 142 valence electrons. The van der Waals surface area contributed by atoms with Gasteiger partial charge in [0.15, 0.2) is 5.96 Å². The summed E-state index contributed by atoms with van der Waals surface area (Å²) in [6.07, 6.45) is 2.70. The van der Waals surface area contributed by atoms with E-state index in [-0.39, 0.29) is 5.82 Å². The number of nitrogens with one attached hydrogen (secondary N) is 3. The Morgan fingerprint density at radius 3 is 2.78 bits per heavy atom. The van der Waals surface area contributed by atoms with Crippen molar-refractivity contribution in [2.24, 2.45) is 4.99 Å². The summed E-state index contributed by atoms with van der Waals surface area (Å²) < 4.78 is 18.8. The molecular weight excluding hydrogens is 343 g/mol. The number of ether oxygens (including phenoxy) is 1. The number of H-pyrrole nitrogens is 1. The Hall–Kier alpha value is -3.02. The molecule has 27 heavy (non-hydrogen) atoms. The Morgan fingerprint density at radius 1 is 1.19 bits per heavy atom. The fourth-order valence-corrected chi connectivity index (χ4v) is 3.13. The standard InChI is InChI=1S/C21H25FN4O/c1-14-10-15(4-7-20(14)27-3)12-26-21(23-2)24-9-8-16-13-25-19-6-5-17(22)11-18(16)19/h4-7,10-11,13,25H,8-9,12H2,1-3H3,(H2,23,24,26).